The smallest absolute Gasteiger partial charge is 0.410 e. The highest BCUT2D eigenvalue weighted by molar-refractivity contribution is 5.80. The van der Waals surface area contributed by atoms with Crippen LogP contribution in [0.3, 0.4) is 0 Å². The van der Waals surface area contributed by atoms with Crippen LogP contribution in [0.15, 0.2) is 18.2 Å². The molecule has 2 heterocycles. The summed E-state index contributed by atoms with van der Waals surface area (Å²) in [4.78, 5) is 40.6. The van der Waals surface area contributed by atoms with Gasteiger partial charge in [0.15, 0.2) is 0 Å². The fraction of sp³-hybridized carbons (Fsp3) is 0.654. The summed E-state index contributed by atoms with van der Waals surface area (Å²) in [6.45, 7) is 1.48. The third kappa shape index (κ3) is 4.07. The molecule has 0 aromatic heterocycles. The number of rotatable bonds is 5. The van der Waals surface area contributed by atoms with E-state index < -0.39 is 23.7 Å². The average molecular weight is 485 g/mol. The van der Waals surface area contributed by atoms with Crippen molar-refractivity contribution < 1.29 is 28.6 Å². The molecule has 2 aliphatic heterocycles. The number of carboxylic acid groups (broad SMARTS) is 1. The van der Waals surface area contributed by atoms with Crippen LogP contribution in [0.25, 0.3) is 0 Å². The summed E-state index contributed by atoms with van der Waals surface area (Å²) in [5, 5.41) is 15.0. The van der Waals surface area contributed by atoms with Gasteiger partial charge >= 0.3 is 6.09 Å². The van der Waals surface area contributed by atoms with Gasteiger partial charge in [0.2, 0.25) is 5.91 Å². The van der Waals surface area contributed by atoms with E-state index >= 15 is 0 Å². The number of likely N-dealkylation sites (tertiary alicyclic amines) is 1. The predicted octanol–water partition coefficient (Wildman–Crippen LogP) is 1.70. The quantitative estimate of drug-likeness (QED) is 0.683. The second kappa shape index (κ2) is 8.18. The van der Waals surface area contributed by atoms with Crippen LogP contribution in [-0.4, -0.2) is 58.0 Å². The van der Waals surface area contributed by atoms with Crippen molar-refractivity contribution in [2.45, 2.75) is 81.6 Å². The standard InChI is InChI=1S/C26H32FN3O5/c27-20-4-3-18-13-29(14-19(18)7-20)22(31)12-28-25-8-16-6-17(9-25)11-26(10-16,15-25)35-24(34)30-5-1-2-21(30)23(32)33/h3-4,7,16-17,21,28H,1-2,5-6,8-15H2,(H,32,33)/p-1/t16?,17?,21-,25?,26?/m0/s1. The molecular weight excluding hydrogens is 453 g/mol. The first-order valence-electron chi connectivity index (χ1n) is 12.7. The Morgan fingerprint density at radius 1 is 1.11 bits per heavy atom. The summed E-state index contributed by atoms with van der Waals surface area (Å²) in [5.74, 6) is -0.697. The highest BCUT2D eigenvalue weighted by Crippen LogP contribution is 2.59. The lowest BCUT2D eigenvalue weighted by Crippen LogP contribution is -2.66. The Kier molecular flexibility index (Phi) is 5.32. The van der Waals surface area contributed by atoms with E-state index in [1.807, 2.05) is 0 Å². The number of benzene rings is 1. The molecule has 7 rings (SSSR count). The normalized spacial score (nSPS) is 34.8. The molecule has 9 heteroatoms. The van der Waals surface area contributed by atoms with Crippen molar-refractivity contribution in [2.75, 3.05) is 13.1 Å². The average Bonchev–Trinajstić information content (AvgIpc) is 3.43. The van der Waals surface area contributed by atoms with Crippen LogP contribution in [0.1, 0.15) is 62.5 Å². The van der Waals surface area contributed by atoms with E-state index in [2.05, 4.69) is 5.32 Å². The molecular formula is C26H31FN3O5-. The van der Waals surface area contributed by atoms with Gasteiger partial charge in [-0.1, -0.05) is 6.07 Å². The maximum atomic E-state index is 13.6. The molecule has 1 saturated heterocycles. The van der Waals surface area contributed by atoms with E-state index in [-0.39, 0.29) is 23.8 Å². The summed E-state index contributed by atoms with van der Waals surface area (Å²) < 4.78 is 19.7. The number of carbonyl (C=O) groups is 3. The van der Waals surface area contributed by atoms with Gasteiger partial charge in [-0.05, 0) is 80.0 Å². The summed E-state index contributed by atoms with van der Waals surface area (Å²) in [5.41, 5.74) is 0.961. The van der Waals surface area contributed by atoms with Crippen molar-refractivity contribution in [3.05, 3.63) is 35.1 Å². The Bertz CT molecular complexity index is 1060. The number of carbonyl (C=O) groups excluding carboxylic acids is 3. The first-order chi connectivity index (χ1) is 16.7. The van der Waals surface area contributed by atoms with Crippen molar-refractivity contribution in [1.29, 1.82) is 0 Å². The predicted molar refractivity (Wildman–Crippen MR) is 120 cm³/mol. The molecule has 35 heavy (non-hydrogen) atoms. The molecule has 2 unspecified atom stereocenters. The maximum Gasteiger partial charge on any atom is 0.410 e. The summed E-state index contributed by atoms with van der Waals surface area (Å²) in [6, 6.07) is 3.75. The molecule has 6 aliphatic rings. The van der Waals surface area contributed by atoms with Crippen LogP contribution in [0.2, 0.25) is 0 Å². The van der Waals surface area contributed by atoms with Crippen molar-refractivity contribution >= 4 is 18.0 Å². The lowest BCUT2D eigenvalue weighted by molar-refractivity contribution is -0.310. The maximum absolute atomic E-state index is 13.6. The second-order valence-corrected chi connectivity index (χ2v) is 11.5. The Labute approximate surface area is 203 Å². The lowest BCUT2D eigenvalue weighted by Gasteiger charge is -2.61. The van der Waals surface area contributed by atoms with Gasteiger partial charge in [-0.15, -0.1) is 0 Å². The Hall–Kier alpha value is -2.68. The third-order valence-corrected chi connectivity index (χ3v) is 8.93. The summed E-state index contributed by atoms with van der Waals surface area (Å²) in [7, 11) is 0. The summed E-state index contributed by atoms with van der Waals surface area (Å²) >= 11 is 0. The number of hydrogen-bond donors (Lipinski definition) is 1. The fourth-order valence-corrected chi connectivity index (χ4v) is 7.89. The van der Waals surface area contributed by atoms with Crippen LogP contribution >= 0.6 is 0 Å². The van der Waals surface area contributed by atoms with E-state index in [0.29, 0.717) is 50.7 Å². The third-order valence-electron chi connectivity index (χ3n) is 8.93. The van der Waals surface area contributed by atoms with E-state index in [9.17, 15) is 23.9 Å². The number of amides is 2. The monoisotopic (exact) mass is 484 g/mol. The van der Waals surface area contributed by atoms with Crippen LogP contribution in [0, 0.1) is 17.7 Å². The van der Waals surface area contributed by atoms with Crippen LogP contribution < -0.4 is 10.4 Å². The van der Waals surface area contributed by atoms with Gasteiger partial charge < -0.3 is 24.9 Å². The number of nitrogens with one attached hydrogen (secondary N) is 1. The van der Waals surface area contributed by atoms with Crippen molar-refractivity contribution in [1.82, 2.24) is 15.1 Å². The number of fused-ring (bicyclic) bond motifs is 1. The minimum atomic E-state index is -1.23. The van der Waals surface area contributed by atoms with Crippen molar-refractivity contribution in [3.63, 3.8) is 0 Å². The second-order valence-electron chi connectivity index (χ2n) is 11.5. The first-order valence-corrected chi connectivity index (χ1v) is 12.7. The zero-order valence-corrected chi connectivity index (χ0v) is 19.8. The molecule has 5 fully saturated rings. The van der Waals surface area contributed by atoms with Crippen molar-refractivity contribution in [3.8, 4) is 0 Å². The van der Waals surface area contributed by atoms with Crippen LogP contribution in [0.4, 0.5) is 9.18 Å². The van der Waals surface area contributed by atoms with Gasteiger partial charge in [-0.2, -0.15) is 0 Å². The molecule has 1 N–H and O–H groups in total. The van der Waals surface area contributed by atoms with Gasteiger partial charge in [0.25, 0.3) is 0 Å². The number of nitrogens with zero attached hydrogens (tertiary/aromatic N) is 2. The van der Waals surface area contributed by atoms with E-state index in [1.54, 1.807) is 11.0 Å². The zero-order valence-electron chi connectivity index (χ0n) is 19.8. The van der Waals surface area contributed by atoms with Gasteiger partial charge in [-0.25, -0.2) is 9.18 Å². The van der Waals surface area contributed by atoms with Gasteiger partial charge in [-0.3, -0.25) is 9.69 Å². The van der Waals surface area contributed by atoms with Gasteiger partial charge in [0.05, 0.1) is 18.6 Å². The topological polar surface area (TPSA) is 102 Å². The fourth-order valence-electron chi connectivity index (χ4n) is 7.89. The number of carboxylic acids is 1. The van der Waals surface area contributed by atoms with Crippen LogP contribution in [-0.2, 0) is 27.4 Å². The van der Waals surface area contributed by atoms with E-state index in [1.165, 1.54) is 17.0 Å². The van der Waals surface area contributed by atoms with E-state index in [0.717, 1.165) is 43.2 Å². The minimum Gasteiger partial charge on any atom is -0.548 e. The molecule has 0 spiro atoms. The number of ether oxygens (including phenoxy) is 1. The van der Waals surface area contributed by atoms with Gasteiger partial charge in [0.1, 0.15) is 11.4 Å². The van der Waals surface area contributed by atoms with Crippen LogP contribution in [0.5, 0.6) is 0 Å². The Morgan fingerprint density at radius 2 is 1.86 bits per heavy atom. The Morgan fingerprint density at radius 3 is 2.60 bits per heavy atom. The number of halogens is 1. The SMILES string of the molecule is O=C([O-])[C@@H]1CCCN1C(=O)OC12CC3CC(CC(NCC(=O)N4Cc5ccc(F)cc5C4)(C3)C1)C2. The number of aliphatic carboxylic acids is 1. The highest BCUT2D eigenvalue weighted by Gasteiger charge is 2.60. The molecule has 8 nitrogen and oxygen atoms in total. The zero-order chi connectivity index (χ0) is 24.4. The minimum absolute atomic E-state index is 0.0164. The molecule has 1 aromatic rings. The molecule has 2 amide bonds. The summed E-state index contributed by atoms with van der Waals surface area (Å²) in [6.07, 6.45) is 5.72. The molecule has 188 valence electrons. The number of hydrogen-bond acceptors (Lipinski definition) is 6. The largest absolute Gasteiger partial charge is 0.548 e. The van der Waals surface area contributed by atoms with Crippen molar-refractivity contribution in [2.24, 2.45) is 11.8 Å². The molecule has 4 aliphatic carbocycles. The van der Waals surface area contributed by atoms with E-state index in [4.69, 9.17) is 4.74 Å². The molecule has 4 bridgehead atoms. The molecule has 1 aromatic carbocycles. The van der Waals surface area contributed by atoms with Gasteiger partial charge in [0, 0.05) is 31.6 Å². The lowest BCUT2D eigenvalue weighted by atomic mass is 9.51. The highest BCUT2D eigenvalue weighted by atomic mass is 19.1. The molecule has 3 atom stereocenters. The molecule has 0 radical (unpaired) electrons. The first kappa shape index (κ1) is 22.8. The molecule has 4 saturated carbocycles. The Balaban J connectivity index is 1.12.